The van der Waals surface area contributed by atoms with Gasteiger partial charge >= 0.3 is 0 Å². The van der Waals surface area contributed by atoms with E-state index in [0.717, 1.165) is 10.5 Å². The Bertz CT molecular complexity index is 1190. The molecule has 1 aliphatic heterocycles. The van der Waals surface area contributed by atoms with Crippen molar-refractivity contribution in [2.75, 3.05) is 16.8 Å². The van der Waals surface area contributed by atoms with Crippen LogP contribution in [0.3, 0.4) is 0 Å². The fourth-order valence-electron chi connectivity index (χ4n) is 3.46. The third-order valence-corrected chi connectivity index (χ3v) is 4.90. The molecule has 3 aromatic rings. The maximum atomic E-state index is 13.8. The van der Waals surface area contributed by atoms with Gasteiger partial charge in [-0.05, 0) is 49.7 Å². The van der Waals surface area contributed by atoms with Crippen molar-refractivity contribution >= 4 is 28.8 Å². The summed E-state index contributed by atoms with van der Waals surface area (Å²) in [7, 11) is 0. The Morgan fingerprint density at radius 3 is 2.39 bits per heavy atom. The van der Waals surface area contributed by atoms with Crippen LogP contribution >= 0.6 is 0 Å². The summed E-state index contributed by atoms with van der Waals surface area (Å²) < 4.78 is 19.3. The number of halogens is 1. The Kier molecular flexibility index (Phi) is 5.54. The van der Waals surface area contributed by atoms with Crippen LogP contribution in [0.1, 0.15) is 18.1 Å². The molecule has 1 aliphatic rings. The summed E-state index contributed by atoms with van der Waals surface area (Å²) in [4.78, 5) is 27.7. The highest BCUT2D eigenvalue weighted by molar-refractivity contribution is 6.46. The number of aryl methyl sites for hydroxylation is 1. The molecule has 1 N–H and O–H groups in total. The molecule has 0 unspecified atom stereocenters. The molecule has 0 aliphatic carbocycles. The average molecular weight is 416 g/mol. The first-order chi connectivity index (χ1) is 15.0. The summed E-state index contributed by atoms with van der Waals surface area (Å²) >= 11 is 0. The van der Waals surface area contributed by atoms with E-state index in [2.05, 4.69) is 5.32 Å². The first kappa shape index (κ1) is 20.3. The standard InChI is InChI=1S/C25H21FN2O3/c1-3-31-21-9-5-7-19(15-21)27-23-22(17-12-10-16(2)11-13-17)24(29)28(25(23)30)20-8-4-6-18(26)14-20/h4-15,27H,3H2,1-2H3. The second kappa shape index (κ2) is 8.44. The maximum absolute atomic E-state index is 13.8. The molecule has 1 heterocycles. The fourth-order valence-corrected chi connectivity index (χ4v) is 3.46. The number of amides is 2. The summed E-state index contributed by atoms with van der Waals surface area (Å²) in [6, 6.07) is 19.9. The van der Waals surface area contributed by atoms with Gasteiger partial charge in [0.1, 0.15) is 17.3 Å². The molecule has 2 amide bonds. The lowest BCUT2D eigenvalue weighted by molar-refractivity contribution is -0.120. The van der Waals surface area contributed by atoms with E-state index in [9.17, 15) is 14.0 Å². The van der Waals surface area contributed by atoms with Crippen molar-refractivity contribution in [3.63, 3.8) is 0 Å². The van der Waals surface area contributed by atoms with Crippen LogP contribution in [0.2, 0.25) is 0 Å². The molecule has 0 saturated heterocycles. The van der Waals surface area contributed by atoms with E-state index in [-0.39, 0.29) is 17.0 Å². The van der Waals surface area contributed by atoms with Gasteiger partial charge in [0.25, 0.3) is 11.8 Å². The van der Waals surface area contributed by atoms with Gasteiger partial charge in [0.15, 0.2) is 0 Å². The molecular formula is C25H21FN2O3. The van der Waals surface area contributed by atoms with Crippen LogP contribution in [0, 0.1) is 12.7 Å². The summed E-state index contributed by atoms with van der Waals surface area (Å²) in [5.41, 5.74) is 2.78. The highest BCUT2D eigenvalue weighted by atomic mass is 19.1. The van der Waals surface area contributed by atoms with Gasteiger partial charge in [-0.15, -0.1) is 0 Å². The molecular weight excluding hydrogens is 395 g/mol. The molecule has 31 heavy (non-hydrogen) atoms. The summed E-state index contributed by atoms with van der Waals surface area (Å²) in [5, 5.41) is 3.09. The topological polar surface area (TPSA) is 58.6 Å². The zero-order chi connectivity index (χ0) is 22.0. The molecule has 0 saturated carbocycles. The lowest BCUT2D eigenvalue weighted by atomic mass is 10.0. The Morgan fingerprint density at radius 1 is 0.935 bits per heavy atom. The minimum absolute atomic E-state index is 0.131. The van der Waals surface area contributed by atoms with Crippen molar-refractivity contribution in [1.29, 1.82) is 0 Å². The van der Waals surface area contributed by atoms with Crippen LogP contribution in [0.4, 0.5) is 15.8 Å². The van der Waals surface area contributed by atoms with Gasteiger partial charge in [-0.25, -0.2) is 9.29 Å². The zero-order valence-electron chi connectivity index (χ0n) is 17.2. The first-order valence-corrected chi connectivity index (χ1v) is 9.93. The zero-order valence-corrected chi connectivity index (χ0v) is 17.2. The normalized spacial score (nSPS) is 13.7. The molecule has 5 nitrogen and oxygen atoms in total. The molecule has 6 heteroatoms. The Labute approximate surface area is 179 Å². The Hall–Kier alpha value is -3.93. The highest BCUT2D eigenvalue weighted by Gasteiger charge is 2.40. The average Bonchev–Trinajstić information content (AvgIpc) is 2.99. The second-order valence-corrected chi connectivity index (χ2v) is 7.13. The predicted molar refractivity (Wildman–Crippen MR) is 118 cm³/mol. The highest BCUT2D eigenvalue weighted by Crippen LogP contribution is 2.34. The van der Waals surface area contributed by atoms with E-state index in [0.29, 0.717) is 23.6 Å². The van der Waals surface area contributed by atoms with Gasteiger partial charge in [-0.2, -0.15) is 0 Å². The largest absolute Gasteiger partial charge is 0.494 e. The van der Waals surface area contributed by atoms with Crippen molar-refractivity contribution in [3.8, 4) is 5.75 Å². The van der Waals surface area contributed by atoms with Crippen molar-refractivity contribution < 1.29 is 18.7 Å². The third kappa shape index (κ3) is 4.05. The second-order valence-electron chi connectivity index (χ2n) is 7.13. The van der Waals surface area contributed by atoms with Crippen LogP contribution in [0.15, 0.2) is 78.5 Å². The first-order valence-electron chi connectivity index (χ1n) is 9.93. The van der Waals surface area contributed by atoms with E-state index >= 15 is 0 Å². The number of rotatable bonds is 6. The van der Waals surface area contributed by atoms with Crippen molar-refractivity contribution in [2.24, 2.45) is 0 Å². The third-order valence-electron chi connectivity index (χ3n) is 4.90. The molecule has 0 spiro atoms. The van der Waals surface area contributed by atoms with Gasteiger partial charge in [0.2, 0.25) is 0 Å². The van der Waals surface area contributed by atoms with E-state index in [1.165, 1.54) is 24.3 Å². The number of nitrogens with zero attached hydrogens (tertiary/aromatic N) is 1. The molecule has 156 valence electrons. The minimum Gasteiger partial charge on any atom is -0.494 e. The lowest BCUT2D eigenvalue weighted by Gasteiger charge is -2.15. The van der Waals surface area contributed by atoms with Crippen molar-refractivity contribution in [2.45, 2.75) is 13.8 Å². The number of hydrogen-bond acceptors (Lipinski definition) is 4. The number of imide groups is 1. The molecule has 0 radical (unpaired) electrons. The number of carbonyl (C=O) groups excluding carboxylic acids is 2. The van der Waals surface area contributed by atoms with E-state index in [1.54, 1.807) is 30.3 Å². The van der Waals surface area contributed by atoms with E-state index in [1.807, 2.05) is 32.0 Å². The Balaban J connectivity index is 1.80. The summed E-state index contributed by atoms with van der Waals surface area (Å²) in [5.74, 6) is -0.944. The van der Waals surface area contributed by atoms with E-state index in [4.69, 9.17) is 4.74 Å². The monoisotopic (exact) mass is 416 g/mol. The number of anilines is 2. The van der Waals surface area contributed by atoms with Crippen LogP contribution in [0.5, 0.6) is 5.75 Å². The van der Waals surface area contributed by atoms with Gasteiger partial charge in [-0.3, -0.25) is 9.59 Å². The van der Waals surface area contributed by atoms with E-state index < -0.39 is 17.6 Å². The summed E-state index contributed by atoms with van der Waals surface area (Å²) in [6.07, 6.45) is 0. The molecule has 4 rings (SSSR count). The summed E-state index contributed by atoms with van der Waals surface area (Å²) in [6.45, 7) is 4.33. The minimum atomic E-state index is -0.548. The SMILES string of the molecule is CCOc1cccc(NC2=C(c3ccc(C)cc3)C(=O)N(c3cccc(F)c3)C2=O)c1. The smallest absolute Gasteiger partial charge is 0.282 e. The Morgan fingerprint density at radius 2 is 1.68 bits per heavy atom. The predicted octanol–water partition coefficient (Wildman–Crippen LogP) is 4.93. The molecule has 0 bridgehead atoms. The fraction of sp³-hybridized carbons (Fsp3) is 0.120. The van der Waals surface area contributed by atoms with Gasteiger partial charge in [0.05, 0.1) is 17.9 Å². The van der Waals surface area contributed by atoms with Gasteiger partial charge in [0, 0.05) is 11.8 Å². The number of ether oxygens (including phenoxy) is 1. The number of hydrogen-bond donors (Lipinski definition) is 1. The quantitative estimate of drug-likeness (QED) is 0.579. The van der Waals surface area contributed by atoms with Crippen LogP contribution in [-0.2, 0) is 9.59 Å². The van der Waals surface area contributed by atoms with Gasteiger partial charge < -0.3 is 10.1 Å². The molecule has 0 aromatic heterocycles. The van der Waals surface area contributed by atoms with Crippen LogP contribution < -0.4 is 15.0 Å². The number of benzene rings is 3. The lowest BCUT2D eigenvalue weighted by Crippen LogP contribution is -2.32. The molecule has 0 fully saturated rings. The molecule has 0 atom stereocenters. The number of nitrogens with one attached hydrogen (secondary N) is 1. The molecule has 3 aromatic carbocycles. The van der Waals surface area contributed by atoms with Crippen LogP contribution in [0.25, 0.3) is 5.57 Å². The van der Waals surface area contributed by atoms with Gasteiger partial charge in [-0.1, -0.05) is 42.0 Å². The maximum Gasteiger partial charge on any atom is 0.282 e. The number of carbonyl (C=O) groups is 2. The van der Waals surface area contributed by atoms with Crippen molar-refractivity contribution in [1.82, 2.24) is 0 Å². The van der Waals surface area contributed by atoms with Crippen LogP contribution in [-0.4, -0.2) is 18.4 Å². The van der Waals surface area contributed by atoms with Crippen molar-refractivity contribution in [3.05, 3.63) is 95.4 Å².